The Labute approximate surface area is 167 Å². The highest BCUT2D eigenvalue weighted by Gasteiger charge is 2.19. The van der Waals surface area contributed by atoms with Gasteiger partial charge in [0.25, 0.3) is 11.8 Å². The molecule has 8 nitrogen and oxygen atoms in total. The van der Waals surface area contributed by atoms with E-state index in [4.69, 9.17) is 4.52 Å². The smallest absolute Gasteiger partial charge is 0.294 e. The molecule has 1 aliphatic heterocycles. The molecule has 8 heteroatoms. The minimum absolute atomic E-state index is 0.113. The molecule has 29 heavy (non-hydrogen) atoms. The van der Waals surface area contributed by atoms with Gasteiger partial charge in [-0.25, -0.2) is 0 Å². The summed E-state index contributed by atoms with van der Waals surface area (Å²) in [5.41, 5.74) is 2.68. The summed E-state index contributed by atoms with van der Waals surface area (Å²) in [6.45, 7) is 3.79. The first-order valence-corrected chi connectivity index (χ1v) is 9.30. The lowest BCUT2D eigenvalue weighted by atomic mass is 10.1. The van der Waals surface area contributed by atoms with Crippen molar-refractivity contribution in [3.8, 4) is 0 Å². The molecule has 2 aromatic carbocycles. The van der Waals surface area contributed by atoms with Gasteiger partial charge in [0, 0.05) is 41.3 Å². The Morgan fingerprint density at radius 3 is 2.52 bits per heavy atom. The number of aromatic nitrogens is 1. The Bertz CT molecular complexity index is 1020. The molecule has 1 aliphatic rings. The maximum atomic E-state index is 12.7. The monoisotopic (exact) mass is 391 g/mol. The van der Waals surface area contributed by atoms with Crippen LogP contribution in [0.25, 0.3) is 0 Å². The van der Waals surface area contributed by atoms with Gasteiger partial charge in [-0.3, -0.25) is 14.9 Å². The minimum atomic E-state index is -0.410. The Kier molecular flexibility index (Phi) is 5.26. The van der Waals surface area contributed by atoms with Crippen LogP contribution >= 0.6 is 0 Å². The molecule has 3 aromatic rings. The van der Waals surface area contributed by atoms with E-state index in [1.54, 1.807) is 30.3 Å². The number of hydrogen-bond donors (Lipinski definition) is 3. The highest BCUT2D eigenvalue weighted by atomic mass is 16.5. The number of amides is 2. The molecule has 4 rings (SSSR count). The second-order valence-electron chi connectivity index (χ2n) is 6.90. The summed E-state index contributed by atoms with van der Waals surface area (Å²) < 4.78 is 4.84. The normalized spacial score (nSPS) is 15.9. The highest BCUT2D eigenvalue weighted by Crippen LogP contribution is 2.21. The fraction of sp³-hybridized carbons (Fsp3) is 0.190. The average Bonchev–Trinajstić information content (AvgIpc) is 3.40. The summed E-state index contributed by atoms with van der Waals surface area (Å²) in [6.07, 6.45) is 1.40. The molecule has 0 bridgehead atoms. The van der Waals surface area contributed by atoms with Crippen LogP contribution in [0.2, 0.25) is 0 Å². The topological polar surface area (TPSA) is 99.5 Å². The molecule has 148 valence electrons. The van der Waals surface area contributed by atoms with Crippen LogP contribution in [0.15, 0.2) is 65.3 Å². The van der Waals surface area contributed by atoms with Crippen LogP contribution in [-0.2, 0) is 0 Å². The number of nitrogens with one attached hydrogen (secondary N) is 3. The van der Waals surface area contributed by atoms with Crippen molar-refractivity contribution in [2.24, 2.45) is 0 Å². The molecule has 1 unspecified atom stereocenters. The maximum Gasteiger partial charge on any atom is 0.294 e. The molecule has 0 saturated carbocycles. The van der Waals surface area contributed by atoms with Crippen molar-refractivity contribution >= 4 is 28.9 Å². The third-order valence-corrected chi connectivity index (χ3v) is 4.64. The van der Waals surface area contributed by atoms with Gasteiger partial charge in [0.15, 0.2) is 0 Å². The lowest BCUT2D eigenvalue weighted by molar-refractivity contribution is 0.0986. The summed E-state index contributed by atoms with van der Waals surface area (Å²) in [6, 6.07) is 16.3. The van der Waals surface area contributed by atoms with Crippen LogP contribution in [0.4, 0.5) is 17.1 Å². The van der Waals surface area contributed by atoms with E-state index in [-0.39, 0.29) is 11.7 Å². The second-order valence-corrected chi connectivity index (χ2v) is 6.90. The molecule has 2 amide bonds. The zero-order valence-electron chi connectivity index (χ0n) is 15.9. The molecule has 1 fully saturated rings. The lowest BCUT2D eigenvalue weighted by Gasteiger charge is -2.17. The molecule has 0 radical (unpaired) electrons. The van der Waals surface area contributed by atoms with E-state index in [1.807, 2.05) is 18.2 Å². The van der Waals surface area contributed by atoms with Crippen molar-refractivity contribution < 1.29 is 14.1 Å². The first kappa shape index (κ1) is 18.7. The summed E-state index contributed by atoms with van der Waals surface area (Å²) in [5, 5.41) is 12.5. The van der Waals surface area contributed by atoms with E-state index in [9.17, 15) is 9.59 Å². The van der Waals surface area contributed by atoms with Crippen molar-refractivity contribution in [2.75, 3.05) is 28.7 Å². The van der Waals surface area contributed by atoms with Gasteiger partial charge in [-0.2, -0.15) is 0 Å². The third-order valence-electron chi connectivity index (χ3n) is 4.64. The molecular weight excluding hydrogens is 370 g/mol. The highest BCUT2D eigenvalue weighted by molar-refractivity contribution is 6.06. The quantitative estimate of drug-likeness (QED) is 0.618. The van der Waals surface area contributed by atoms with Crippen molar-refractivity contribution in [1.82, 2.24) is 10.5 Å². The van der Waals surface area contributed by atoms with Crippen molar-refractivity contribution in [1.29, 1.82) is 0 Å². The zero-order chi connectivity index (χ0) is 20.2. The SMILES string of the molecule is CC1CN(c2cccc(C(=O)Nc3cccc(NC(=O)c4ccno4)c3)c2)CN1. The number of carbonyl (C=O) groups excluding carboxylic acids is 2. The van der Waals surface area contributed by atoms with E-state index in [1.165, 1.54) is 12.3 Å². The van der Waals surface area contributed by atoms with Crippen molar-refractivity contribution in [3.63, 3.8) is 0 Å². The van der Waals surface area contributed by atoms with Gasteiger partial charge in [0.1, 0.15) is 0 Å². The van der Waals surface area contributed by atoms with Crippen LogP contribution in [0.1, 0.15) is 27.8 Å². The fourth-order valence-electron chi connectivity index (χ4n) is 3.17. The van der Waals surface area contributed by atoms with Gasteiger partial charge in [-0.15, -0.1) is 0 Å². The molecule has 3 N–H and O–H groups in total. The molecule has 1 atom stereocenters. The lowest BCUT2D eigenvalue weighted by Crippen LogP contribution is -2.21. The summed E-state index contributed by atoms with van der Waals surface area (Å²) in [7, 11) is 0. The Balaban J connectivity index is 1.44. The first-order chi connectivity index (χ1) is 14.1. The number of nitrogens with zero attached hydrogens (tertiary/aromatic N) is 2. The first-order valence-electron chi connectivity index (χ1n) is 9.30. The summed E-state index contributed by atoms with van der Waals surface area (Å²) >= 11 is 0. The molecule has 0 aliphatic carbocycles. The predicted molar refractivity (Wildman–Crippen MR) is 110 cm³/mol. The summed E-state index contributed by atoms with van der Waals surface area (Å²) in [4.78, 5) is 27.0. The third kappa shape index (κ3) is 4.44. The van der Waals surface area contributed by atoms with Gasteiger partial charge in [0.2, 0.25) is 5.76 Å². The van der Waals surface area contributed by atoms with Crippen LogP contribution < -0.4 is 20.9 Å². The van der Waals surface area contributed by atoms with Gasteiger partial charge >= 0.3 is 0 Å². The fourth-order valence-corrected chi connectivity index (χ4v) is 3.17. The van der Waals surface area contributed by atoms with E-state index < -0.39 is 5.91 Å². The predicted octanol–water partition coefficient (Wildman–Crippen LogP) is 2.93. The number of rotatable bonds is 5. The molecule has 1 aromatic heterocycles. The summed E-state index contributed by atoms with van der Waals surface area (Å²) in [5.74, 6) is -0.514. The van der Waals surface area contributed by atoms with Crippen molar-refractivity contribution in [2.45, 2.75) is 13.0 Å². The van der Waals surface area contributed by atoms with Crippen LogP contribution in [0, 0.1) is 0 Å². The largest absolute Gasteiger partial charge is 0.357 e. The number of hydrogen-bond acceptors (Lipinski definition) is 6. The molecular formula is C21H21N5O3. The standard InChI is InChI=1S/C21H21N5O3/c1-14-12-26(13-22-14)18-7-2-4-15(10-18)20(27)24-16-5-3-6-17(11-16)25-21(28)19-8-9-23-29-19/h2-11,14,22H,12-13H2,1H3,(H,24,27)(H,25,28). The van der Waals surface area contributed by atoms with Crippen molar-refractivity contribution in [3.05, 3.63) is 72.1 Å². The van der Waals surface area contributed by atoms with Gasteiger partial charge in [0.05, 0.1) is 12.9 Å². The van der Waals surface area contributed by atoms with Gasteiger partial charge < -0.3 is 20.1 Å². The van der Waals surface area contributed by atoms with E-state index in [2.05, 4.69) is 32.9 Å². The number of anilines is 3. The maximum absolute atomic E-state index is 12.7. The second kappa shape index (κ2) is 8.15. The minimum Gasteiger partial charge on any atom is -0.357 e. The van der Waals surface area contributed by atoms with E-state index in [0.29, 0.717) is 23.0 Å². The van der Waals surface area contributed by atoms with E-state index >= 15 is 0 Å². The van der Waals surface area contributed by atoms with Crippen LogP contribution in [0.3, 0.4) is 0 Å². The molecule has 0 spiro atoms. The van der Waals surface area contributed by atoms with Crippen LogP contribution in [0.5, 0.6) is 0 Å². The zero-order valence-corrected chi connectivity index (χ0v) is 15.9. The number of benzene rings is 2. The van der Waals surface area contributed by atoms with Gasteiger partial charge in [-0.05, 0) is 43.3 Å². The number of carbonyl (C=O) groups is 2. The molecule has 1 saturated heterocycles. The van der Waals surface area contributed by atoms with E-state index in [0.717, 1.165) is 18.9 Å². The average molecular weight is 391 g/mol. The van der Waals surface area contributed by atoms with Gasteiger partial charge in [-0.1, -0.05) is 17.3 Å². The Morgan fingerprint density at radius 2 is 1.83 bits per heavy atom. The van der Waals surface area contributed by atoms with Crippen LogP contribution in [-0.4, -0.2) is 36.2 Å². The molecule has 2 heterocycles. The Hall–Kier alpha value is -3.65. The Morgan fingerprint density at radius 1 is 1.07 bits per heavy atom.